The van der Waals surface area contributed by atoms with Crippen LogP contribution in [0.15, 0.2) is 60.9 Å². The van der Waals surface area contributed by atoms with Gasteiger partial charge in [0.25, 0.3) is 5.91 Å². The number of rotatable bonds is 9. The zero-order chi connectivity index (χ0) is 28.9. The van der Waals surface area contributed by atoms with Gasteiger partial charge in [0.1, 0.15) is 17.1 Å². The summed E-state index contributed by atoms with van der Waals surface area (Å²) in [6.07, 6.45) is -2.04. The summed E-state index contributed by atoms with van der Waals surface area (Å²) in [5, 5.41) is 5.90. The van der Waals surface area contributed by atoms with Crippen LogP contribution in [0, 0.1) is 0 Å². The molecule has 1 aliphatic heterocycles. The number of methoxy groups -OCH3 is 1. The van der Waals surface area contributed by atoms with E-state index in [1.54, 1.807) is 36.4 Å². The second-order valence-electron chi connectivity index (χ2n) is 9.59. The minimum atomic E-state index is -4.75. The maximum absolute atomic E-state index is 13.7. The Bertz CT molecular complexity index is 1370. The number of piperidine rings is 1. The van der Waals surface area contributed by atoms with E-state index in [9.17, 15) is 18.0 Å². The summed E-state index contributed by atoms with van der Waals surface area (Å²) in [5.74, 6) is -0.636. The van der Waals surface area contributed by atoms with E-state index in [2.05, 4.69) is 32.1 Å². The highest BCUT2D eigenvalue weighted by Crippen LogP contribution is 2.38. The highest BCUT2D eigenvalue weighted by Gasteiger charge is 2.36. The van der Waals surface area contributed by atoms with Crippen molar-refractivity contribution in [1.82, 2.24) is 20.2 Å². The van der Waals surface area contributed by atoms with Crippen LogP contribution in [0.25, 0.3) is 0 Å². The van der Waals surface area contributed by atoms with Crippen LogP contribution in [-0.2, 0) is 12.6 Å². The topological polar surface area (TPSA) is 115 Å². The number of benzene rings is 2. The molecule has 9 nitrogen and oxygen atoms in total. The molecule has 2 heterocycles. The zero-order valence-corrected chi connectivity index (χ0v) is 22.2. The minimum absolute atomic E-state index is 0.0845. The molecule has 1 amide bonds. The summed E-state index contributed by atoms with van der Waals surface area (Å²) >= 11 is 0. The van der Waals surface area contributed by atoms with E-state index >= 15 is 0 Å². The first kappa shape index (κ1) is 28.7. The van der Waals surface area contributed by atoms with Gasteiger partial charge in [0.05, 0.1) is 12.8 Å². The standard InChI is InChI=1S/C28H31F3N6O3/c1-17(32)13-18-5-4-6-21(14-18)40-26-22(28(29,30)31)16-33-27(36-26)35-23-8-7-19(15-24(23)39-3)25(38)34-20-9-11-37(2)12-10-20/h4-8,14-16,20H,1,9-13,32H2,2-3H3,(H,34,38)(H,33,35,36). The van der Waals surface area contributed by atoms with E-state index < -0.39 is 17.6 Å². The molecule has 40 heavy (non-hydrogen) atoms. The maximum atomic E-state index is 13.7. The third-order valence-electron chi connectivity index (χ3n) is 6.37. The molecular weight excluding hydrogens is 525 g/mol. The molecule has 0 spiro atoms. The van der Waals surface area contributed by atoms with Gasteiger partial charge in [-0.25, -0.2) is 4.98 Å². The van der Waals surface area contributed by atoms with E-state index in [4.69, 9.17) is 15.2 Å². The fourth-order valence-corrected chi connectivity index (χ4v) is 4.27. The molecule has 0 atom stereocenters. The largest absolute Gasteiger partial charge is 0.495 e. The van der Waals surface area contributed by atoms with E-state index in [0.29, 0.717) is 29.6 Å². The molecule has 1 saturated heterocycles. The van der Waals surface area contributed by atoms with E-state index in [1.165, 1.54) is 13.2 Å². The Hall–Kier alpha value is -4.32. The van der Waals surface area contributed by atoms with Crippen LogP contribution in [0.5, 0.6) is 17.4 Å². The number of carbonyl (C=O) groups excluding carboxylic acids is 1. The molecule has 212 valence electrons. The predicted molar refractivity (Wildman–Crippen MR) is 145 cm³/mol. The quantitative estimate of drug-likeness (QED) is 0.342. The normalized spacial score (nSPS) is 14.4. The van der Waals surface area contributed by atoms with Gasteiger partial charge in [-0.3, -0.25) is 4.79 Å². The average molecular weight is 557 g/mol. The Balaban J connectivity index is 1.55. The van der Waals surface area contributed by atoms with Gasteiger partial charge < -0.3 is 30.7 Å². The van der Waals surface area contributed by atoms with Crippen LogP contribution in [0.3, 0.4) is 0 Å². The van der Waals surface area contributed by atoms with Gasteiger partial charge in [-0.1, -0.05) is 18.7 Å². The number of nitrogens with one attached hydrogen (secondary N) is 2. The Morgan fingerprint density at radius 3 is 2.62 bits per heavy atom. The van der Waals surface area contributed by atoms with Gasteiger partial charge >= 0.3 is 6.18 Å². The molecule has 4 rings (SSSR count). The van der Waals surface area contributed by atoms with E-state index in [1.807, 2.05) is 7.05 Å². The number of alkyl halides is 3. The number of likely N-dealkylation sites (tertiary alicyclic amines) is 1. The number of amides is 1. The fourth-order valence-electron chi connectivity index (χ4n) is 4.27. The van der Waals surface area contributed by atoms with E-state index in [-0.39, 0.29) is 29.4 Å². The van der Waals surface area contributed by atoms with Crippen LogP contribution in [0.2, 0.25) is 0 Å². The lowest BCUT2D eigenvalue weighted by Crippen LogP contribution is -2.43. The molecule has 2 aromatic carbocycles. The van der Waals surface area contributed by atoms with Crippen molar-refractivity contribution in [3.05, 3.63) is 77.6 Å². The lowest BCUT2D eigenvalue weighted by Gasteiger charge is -2.29. The second kappa shape index (κ2) is 12.2. The van der Waals surface area contributed by atoms with Crippen LogP contribution >= 0.6 is 0 Å². The van der Waals surface area contributed by atoms with Crippen molar-refractivity contribution in [3.8, 4) is 17.4 Å². The summed E-state index contributed by atoms with van der Waals surface area (Å²) in [5.41, 5.74) is 6.38. The number of allylic oxidation sites excluding steroid dienone is 1. The van der Waals surface area contributed by atoms with Crippen molar-refractivity contribution in [2.24, 2.45) is 5.73 Å². The third kappa shape index (κ3) is 7.41. The minimum Gasteiger partial charge on any atom is -0.495 e. The van der Waals surface area contributed by atoms with Crippen molar-refractivity contribution in [2.45, 2.75) is 31.5 Å². The van der Waals surface area contributed by atoms with Gasteiger partial charge in [0.15, 0.2) is 0 Å². The molecule has 1 aromatic heterocycles. The van der Waals surface area contributed by atoms with Gasteiger partial charge in [-0.15, -0.1) is 0 Å². The van der Waals surface area contributed by atoms with Crippen molar-refractivity contribution in [3.63, 3.8) is 0 Å². The lowest BCUT2D eigenvalue weighted by atomic mass is 10.0. The van der Waals surface area contributed by atoms with Crippen LogP contribution in [0.1, 0.15) is 34.3 Å². The number of nitrogens with zero attached hydrogens (tertiary/aromatic N) is 3. The summed E-state index contributed by atoms with van der Waals surface area (Å²) in [7, 11) is 3.47. The number of nitrogens with two attached hydrogens (primary N) is 1. The number of hydrogen-bond acceptors (Lipinski definition) is 8. The Morgan fingerprint density at radius 1 is 1.20 bits per heavy atom. The number of carbonyl (C=O) groups is 1. The van der Waals surface area contributed by atoms with Crippen LogP contribution in [-0.4, -0.2) is 54.1 Å². The number of ether oxygens (including phenoxy) is 2. The smallest absolute Gasteiger partial charge is 0.423 e. The Morgan fingerprint density at radius 2 is 1.95 bits per heavy atom. The van der Waals surface area contributed by atoms with Crippen molar-refractivity contribution in [1.29, 1.82) is 0 Å². The predicted octanol–water partition coefficient (Wildman–Crippen LogP) is 4.88. The van der Waals surface area contributed by atoms with Crippen molar-refractivity contribution < 1.29 is 27.4 Å². The molecule has 0 unspecified atom stereocenters. The molecule has 1 fully saturated rings. The van der Waals surface area contributed by atoms with Gasteiger partial charge in [0, 0.05) is 29.9 Å². The Kier molecular flexibility index (Phi) is 8.78. The zero-order valence-electron chi connectivity index (χ0n) is 22.2. The summed E-state index contributed by atoms with van der Waals surface area (Å²) in [6, 6.07) is 11.3. The molecule has 3 aromatic rings. The van der Waals surface area contributed by atoms with Crippen molar-refractivity contribution in [2.75, 3.05) is 32.6 Å². The van der Waals surface area contributed by atoms with Crippen LogP contribution in [0.4, 0.5) is 24.8 Å². The lowest BCUT2D eigenvalue weighted by molar-refractivity contribution is -0.139. The van der Waals surface area contributed by atoms with Crippen molar-refractivity contribution >= 4 is 17.5 Å². The van der Waals surface area contributed by atoms with Gasteiger partial charge in [-0.2, -0.15) is 18.2 Å². The molecule has 0 saturated carbocycles. The summed E-state index contributed by atoms with van der Waals surface area (Å²) in [6.45, 7) is 5.46. The third-order valence-corrected chi connectivity index (χ3v) is 6.37. The molecule has 1 aliphatic rings. The maximum Gasteiger partial charge on any atom is 0.423 e. The van der Waals surface area contributed by atoms with Gasteiger partial charge in [-0.05, 0) is 68.9 Å². The Labute approximate surface area is 230 Å². The number of aromatic nitrogens is 2. The monoisotopic (exact) mass is 556 g/mol. The highest BCUT2D eigenvalue weighted by molar-refractivity contribution is 5.95. The molecule has 0 radical (unpaired) electrons. The fraction of sp³-hybridized carbons (Fsp3) is 0.321. The first-order valence-electron chi connectivity index (χ1n) is 12.6. The SMILES string of the molecule is C=C(N)Cc1cccc(Oc2nc(Nc3ccc(C(=O)NC4CCN(C)CC4)cc3OC)ncc2C(F)(F)F)c1. The van der Waals surface area contributed by atoms with Gasteiger partial charge in [0.2, 0.25) is 11.8 Å². The number of anilines is 2. The molecule has 0 aliphatic carbocycles. The molecule has 12 heteroatoms. The van der Waals surface area contributed by atoms with Crippen LogP contribution < -0.4 is 25.8 Å². The number of halogens is 3. The number of hydrogen-bond donors (Lipinski definition) is 3. The summed E-state index contributed by atoms with van der Waals surface area (Å²) in [4.78, 5) is 22.8. The van der Waals surface area contributed by atoms with E-state index in [0.717, 1.165) is 31.5 Å². The first-order valence-corrected chi connectivity index (χ1v) is 12.6. The first-order chi connectivity index (χ1) is 19.0. The average Bonchev–Trinajstić information content (AvgIpc) is 2.89. The molecule has 4 N–H and O–H groups in total. The molecular formula is C28H31F3N6O3. The molecule has 0 bridgehead atoms. The highest BCUT2D eigenvalue weighted by atomic mass is 19.4. The second-order valence-corrected chi connectivity index (χ2v) is 9.59. The summed E-state index contributed by atoms with van der Waals surface area (Å²) < 4.78 is 52.1.